The Hall–Kier alpha value is -3.34. The molecule has 3 rings (SSSR count). The van der Waals surface area contributed by atoms with E-state index in [2.05, 4.69) is 15.8 Å². The Labute approximate surface area is 239 Å². The number of hydrogen-bond acceptors (Lipinski definition) is 6. The standard InChI is InChI=1S/C27H28Cl2N4O5S/c1-3-16(2)4-6-21(34)31-20(15-22(35)32-38)27(37)30-19-8-11-33(12-9-19)23(36)7-5-17-14-18-10-13-39-26(18)25(29)24(17)28/h3-7,10,13-14,19-20H,8-9,11-12,15H2,1-2H3,(H,30,37)(H,31,34)/b6-4+,7-5+,16-3+/t20-/m0/s1. The number of fused-ring (bicyclic) bond motifs is 1. The first-order valence-corrected chi connectivity index (χ1v) is 13.9. The third-order valence-electron chi connectivity index (χ3n) is 6.28. The second-order valence-corrected chi connectivity index (χ2v) is 10.7. The smallest absolute Gasteiger partial charge is 0.288 e. The van der Waals surface area contributed by atoms with Gasteiger partial charge in [0.25, 0.3) is 5.91 Å². The highest BCUT2D eigenvalue weighted by atomic mass is 35.5. The second kappa shape index (κ2) is 14.2. The number of thiophene rings is 1. The van der Waals surface area contributed by atoms with Crippen LogP contribution in [0.5, 0.6) is 0 Å². The average molecular weight is 592 g/mol. The predicted octanol–water partition coefficient (Wildman–Crippen LogP) is 5.02. The van der Waals surface area contributed by atoms with Crippen LogP contribution < -0.4 is 10.6 Å². The van der Waals surface area contributed by atoms with Gasteiger partial charge in [0, 0.05) is 36.5 Å². The molecule has 4 amide bonds. The number of carbonyl (C=O) groups excluding carboxylic acids is 4. The number of rotatable bonds is 9. The first-order chi connectivity index (χ1) is 18.6. The van der Waals surface area contributed by atoms with Crippen LogP contribution in [-0.2, 0) is 19.2 Å². The summed E-state index contributed by atoms with van der Waals surface area (Å²) in [6.45, 7) is 4.40. The summed E-state index contributed by atoms with van der Waals surface area (Å²) in [5.74, 6) is -2.43. The van der Waals surface area contributed by atoms with Crippen LogP contribution >= 0.6 is 34.5 Å². The first-order valence-electron chi connectivity index (χ1n) is 12.2. The number of piperidine rings is 1. The Morgan fingerprint density at radius 1 is 1.15 bits per heavy atom. The maximum absolute atomic E-state index is 12.8. The molecule has 1 aromatic heterocycles. The summed E-state index contributed by atoms with van der Waals surface area (Å²) in [7, 11) is 0. The maximum atomic E-state index is 12.8. The van der Waals surface area contributed by atoms with Gasteiger partial charge in [0.2, 0.25) is 17.7 Å². The molecule has 0 radical (unpaired) electrons. The highest BCUT2D eigenvalue weighted by Gasteiger charge is 2.28. The molecule has 2 heterocycles. The SMILES string of the molecule is C/C=C(C)/C=C/C(=O)N[C@@H](CC(=O)N=O)C(=O)NC1CCN(C(=O)/C=C/c2cc3ccsc3c(Cl)c2Cl)CC1. The number of carbonyl (C=O) groups is 4. The van der Waals surface area contributed by atoms with E-state index in [0.29, 0.717) is 41.5 Å². The topological polar surface area (TPSA) is 125 Å². The summed E-state index contributed by atoms with van der Waals surface area (Å²) < 4.78 is 0.892. The summed E-state index contributed by atoms with van der Waals surface area (Å²) in [5.41, 5.74) is 1.48. The van der Waals surface area contributed by atoms with E-state index in [9.17, 15) is 24.1 Å². The normalized spacial score (nSPS) is 15.6. The quantitative estimate of drug-likeness (QED) is 0.241. The molecular formula is C27H28Cl2N4O5S. The van der Waals surface area contributed by atoms with Crippen molar-refractivity contribution in [3.8, 4) is 0 Å². The van der Waals surface area contributed by atoms with Gasteiger partial charge >= 0.3 is 0 Å². The lowest BCUT2D eigenvalue weighted by Gasteiger charge is -2.32. The Bertz CT molecular complexity index is 1360. The monoisotopic (exact) mass is 590 g/mol. The van der Waals surface area contributed by atoms with E-state index in [0.717, 1.165) is 15.7 Å². The lowest BCUT2D eigenvalue weighted by atomic mass is 10.0. The molecule has 1 aromatic carbocycles. The molecule has 12 heteroatoms. The fourth-order valence-electron chi connectivity index (χ4n) is 3.95. The third-order valence-corrected chi connectivity index (χ3v) is 8.22. The number of amides is 4. The molecular weight excluding hydrogens is 563 g/mol. The highest BCUT2D eigenvalue weighted by molar-refractivity contribution is 7.18. The van der Waals surface area contributed by atoms with Crippen LogP contribution in [0.3, 0.4) is 0 Å². The van der Waals surface area contributed by atoms with Crippen molar-refractivity contribution in [3.63, 3.8) is 0 Å². The van der Waals surface area contributed by atoms with Crippen molar-refractivity contribution in [2.45, 2.75) is 45.2 Å². The zero-order chi connectivity index (χ0) is 28.5. The molecule has 39 heavy (non-hydrogen) atoms. The lowest BCUT2D eigenvalue weighted by Crippen LogP contribution is -2.52. The summed E-state index contributed by atoms with van der Waals surface area (Å²) >= 11 is 14.2. The molecule has 2 N–H and O–H groups in total. The summed E-state index contributed by atoms with van der Waals surface area (Å²) in [5, 5.41) is 11.3. The molecule has 2 aromatic rings. The van der Waals surface area contributed by atoms with Gasteiger partial charge in [-0.2, -0.15) is 0 Å². The Morgan fingerprint density at radius 2 is 1.87 bits per heavy atom. The number of nitrogens with one attached hydrogen (secondary N) is 2. The molecule has 0 saturated carbocycles. The minimum atomic E-state index is -1.25. The van der Waals surface area contributed by atoms with Crippen LogP contribution in [0.15, 0.2) is 52.6 Å². The Morgan fingerprint density at radius 3 is 2.54 bits per heavy atom. The largest absolute Gasteiger partial charge is 0.351 e. The van der Waals surface area contributed by atoms with Gasteiger partial charge in [-0.1, -0.05) is 40.9 Å². The van der Waals surface area contributed by atoms with Crippen LogP contribution in [-0.4, -0.2) is 53.7 Å². The Balaban J connectivity index is 1.56. The molecule has 1 fully saturated rings. The number of benzene rings is 1. The van der Waals surface area contributed by atoms with Crippen LogP contribution in [0, 0.1) is 4.91 Å². The number of likely N-dealkylation sites (tertiary alicyclic amines) is 1. The van der Waals surface area contributed by atoms with Crippen molar-refractivity contribution < 1.29 is 19.2 Å². The van der Waals surface area contributed by atoms with Crippen molar-refractivity contribution in [3.05, 3.63) is 67.9 Å². The van der Waals surface area contributed by atoms with Crippen molar-refractivity contribution in [2.24, 2.45) is 5.18 Å². The average Bonchev–Trinajstić information content (AvgIpc) is 3.41. The number of hydrogen-bond donors (Lipinski definition) is 2. The van der Waals surface area contributed by atoms with Crippen LogP contribution in [0.2, 0.25) is 10.0 Å². The molecule has 9 nitrogen and oxygen atoms in total. The van der Waals surface area contributed by atoms with Gasteiger partial charge in [-0.3, -0.25) is 19.2 Å². The molecule has 1 atom stereocenters. The van der Waals surface area contributed by atoms with Gasteiger partial charge < -0.3 is 15.5 Å². The van der Waals surface area contributed by atoms with E-state index in [4.69, 9.17) is 23.2 Å². The van der Waals surface area contributed by atoms with E-state index in [1.165, 1.54) is 23.5 Å². The van der Waals surface area contributed by atoms with Gasteiger partial charge in [0.05, 0.1) is 21.2 Å². The van der Waals surface area contributed by atoms with Crippen molar-refractivity contribution in [2.75, 3.05) is 13.1 Å². The number of allylic oxidation sites excluding steroid dienone is 3. The number of nitrogens with zero attached hydrogens (tertiary/aromatic N) is 2. The minimum Gasteiger partial charge on any atom is -0.351 e. The number of nitroso groups, excluding NO2 is 1. The maximum Gasteiger partial charge on any atom is 0.288 e. The van der Waals surface area contributed by atoms with Gasteiger partial charge in [-0.15, -0.1) is 16.2 Å². The van der Waals surface area contributed by atoms with E-state index < -0.39 is 30.2 Å². The molecule has 0 aliphatic carbocycles. The van der Waals surface area contributed by atoms with Crippen LogP contribution in [0.4, 0.5) is 0 Å². The zero-order valence-electron chi connectivity index (χ0n) is 21.4. The Kier molecular flexibility index (Phi) is 11.0. The fraction of sp³-hybridized carbons (Fsp3) is 0.333. The molecule has 1 aliphatic rings. The molecule has 0 unspecified atom stereocenters. The van der Waals surface area contributed by atoms with Gasteiger partial charge in [-0.25, -0.2) is 0 Å². The molecule has 0 spiro atoms. The van der Waals surface area contributed by atoms with Crippen molar-refractivity contribution in [1.82, 2.24) is 15.5 Å². The number of halogens is 2. The third kappa shape index (κ3) is 8.32. The summed E-state index contributed by atoms with van der Waals surface area (Å²) in [4.78, 5) is 61.7. The van der Waals surface area contributed by atoms with Crippen molar-refractivity contribution >= 4 is 74.3 Å². The highest BCUT2D eigenvalue weighted by Crippen LogP contribution is 2.37. The van der Waals surface area contributed by atoms with Crippen LogP contribution in [0.1, 0.15) is 38.7 Å². The van der Waals surface area contributed by atoms with Gasteiger partial charge in [0.1, 0.15) is 6.04 Å². The lowest BCUT2D eigenvalue weighted by molar-refractivity contribution is -0.131. The predicted molar refractivity (Wildman–Crippen MR) is 155 cm³/mol. The van der Waals surface area contributed by atoms with Crippen LogP contribution in [0.25, 0.3) is 16.2 Å². The van der Waals surface area contributed by atoms with E-state index in [1.807, 2.05) is 24.4 Å². The summed E-state index contributed by atoms with van der Waals surface area (Å²) in [6, 6.07) is 2.28. The van der Waals surface area contributed by atoms with Crippen molar-refractivity contribution in [1.29, 1.82) is 0 Å². The minimum absolute atomic E-state index is 0.201. The van der Waals surface area contributed by atoms with Gasteiger partial charge in [0.15, 0.2) is 0 Å². The van der Waals surface area contributed by atoms with E-state index in [-0.39, 0.29) is 11.9 Å². The second-order valence-electron chi connectivity index (χ2n) is 8.99. The molecule has 206 valence electrons. The fourth-order valence-corrected chi connectivity index (χ4v) is 5.39. The van der Waals surface area contributed by atoms with E-state index in [1.54, 1.807) is 30.1 Å². The molecule has 1 aliphatic heterocycles. The zero-order valence-corrected chi connectivity index (χ0v) is 23.7. The first kappa shape index (κ1) is 30.2. The van der Waals surface area contributed by atoms with E-state index >= 15 is 0 Å². The summed E-state index contributed by atoms with van der Waals surface area (Å²) in [6.07, 6.45) is 8.08. The molecule has 1 saturated heterocycles. The molecule has 0 bridgehead atoms. The van der Waals surface area contributed by atoms with Gasteiger partial charge in [-0.05, 0) is 61.2 Å².